The van der Waals surface area contributed by atoms with Gasteiger partial charge in [-0.2, -0.15) is 0 Å². The largest absolute Gasteiger partial charge is 0.412 e. The van der Waals surface area contributed by atoms with Gasteiger partial charge < -0.3 is 15.4 Å². The molecule has 2 N–H and O–H groups in total. The van der Waals surface area contributed by atoms with Crippen LogP contribution in [0.5, 0.6) is 5.75 Å². The first-order chi connectivity index (χ1) is 7.81. The highest BCUT2D eigenvalue weighted by Crippen LogP contribution is 2.30. The molecule has 1 atom stereocenters. The summed E-state index contributed by atoms with van der Waals surface area (Å²) in [5.74, 6) is 0.640. The summed E-state index contributed by atoms with van der Waals surface area (Å²) in [4.78, 5) is 11.2. The van der Waals surface area contributed by atoms with E-state index in [0.717, 1.165) is 18.5 Å². The van der Waals surface area contributed by atoms with E-state index in [0.29, 0.717) is 11.8 Å². The normalized spacial score (nSPS) is 19.4. The van der Waals surface area contributed by atoms with E-state index in [-0.39, 0.29) is 0 Å². The third-order valence-corrected chi connectivity index (χ3v) is 2.76. The molecule has 0 saturated carbocycles. The van der Waals surface area contributed by atoms with Crippen molar-refractivity contribution in [2.75, 3.05) is 13.6 Å². The molecule has 2 rings (SSSR count). The van der Waals surface area contributed by atoms with E-state index in [1.165, 1.54) is 6.42 Å². The number of rotatable bonds is 2. The quantitative estimate of drug-likeness (QED) is 0.799. The number of amides is 1. The first-order valence-corrected chi connectivity index (χ1v) is 5.53. The van der Waals surface area contributed by atoms with Gasteiger partial charge in [0.2, 0.25) is 0 Å². The zero-order chi connectivity index (χ0) is 11.4. The van der Waals surface area contributed by atoms with Crippen LogP contribution in [0.25, 0.3) is 0 Å². The summed E-state index contributed by atoms with van der Waals surface area (Å²) in [6.07, 6.45) is 1.83. The Balaban J connectivity index is 2.19. The van der Waals surface area contributed by atoms with E-state index < -0.39 is 6.09 Å². The minimum Gasteiger partial charge on any atom is -0.410 e. The van der Waals surface area contributed by atoms with Crippen LogP contribution in [-0.4, -0.2) is 19.7 Å². The Labute approximate surface area is 95.0 Å². The molecule has 4 heteroatoms. The van der Waals surface area contributed by atoms with Crippen molar-refractivity contribution in [2.45, 2.75) is 18.9 Å². The van der Waals surface area contributed by atoms with Crippen LogP contribution in [0.3, 0.4) is 0 Å². The molecule has 86 valence electrons. The van der Waals surface area contributed by atoms with E-state index in [4.69, 9.17) is 4.74 Å². The van der Waals surface area contributed by atoms with E-state index in [2.05, 4.69) is 10.6 Å². The highest BCUT2D eigenvalue weighted by atomic mass is 16.6. The highest BCUT2D eigenvalue weighted by molar-refractivity contribution is 5.70. The lowest BCUT2D eigenvalue weighted by atomic mass is 10.0. The number of carbonyl (C=O) groups is 1. The van der Waals surface area contributed by atoms with Crippen LogP contribution in [-0.2, 0) is 0 Å². The molecule has 1 heterocycles. The second kappa shape index (κ2) is 4.99. The van der Waals surface area contributed by atoms with Gasteiger partial charge in [-0.05, 0) is 25.5 Å². The predicted octanol–water partition coefficient (Wildman–Crippen LogP) is 1.83. The first-order valence-electron chi connectivity index (χ1n) is 5.53. The molecule has 1 aliphatic heterocycles. The van der Waals surface area contributed by atoms with Crippen LogP contribution >= 0.6 is 0 Å². The summed E-state index contributed by atoms with van der Waals surface area (Å²) < 4.78 is 5.22. The van der Waals surface area contributed by atoms with Gasteiger partial charge in [0, 0.05) is 18.7 Å². The third kappa shape index (κ3) is 2.33. The molecule has 0 aromatic heterocycles. The smallest absolute Gasteiger partial charge is 0.410 e. The van der Waals surface area contributed by atoms with Gasteiger partial charge in [-0.1, -0.05) is 18.2 Å². The van der Waals surface area contributed by atoms with E-state index in [9.17, 15) is 4.79 Å². The fourth-order valence-corrected chi connectivity index (χ4v) is 1.96. The fraction of sp³-hybridized carbons (Fsp3) is 0.417. The molecule has 1 amide bonds. The third-order valence-electron chi connectivity index (χ3n) is 2.76. The van der Waals surface area contributed by atoms with Gasteiger partial charge in [0.05, 0.1) is 0 Å². The summed E-state index contributed by atoms with van der Waals surface area (Å²) in [6.45, 7) is 1.03. The Kier molecular flexibility index (Phi) is 3.41. The van der Waals surface area contributed by atoms with Crippen LogP contribution in [0.1, 0.15) is 24.4 Å². The van der Waals surface area contributed by atoms with Gasteiger partial charge in [0.1, 0.15) is 5.75 Å². The second-order valence-electron chi connectivity index (χ2n) is 3.83. The van der Waals surface area contributed by atoms with Crippen LogP contribution in [0.2, 0.25) is 0 Å². The number of ether oxygens (including phenoxy) is 1. The maximum Gasteiger partial charge on any atom is 0.412 e. The molecule has 1 aromatic rings. The lowest BCUT2D eigenvalue weighted by Crippen LogP contribution is -2.23. The van der Waals surface area contributed by atoms with Crippen molar-refractivity contribution in [2.24, 2.45) is 0 Å². The molecule has 0 aliphatic carbocycles. The molecule has 16 heavy (non-hydrogen) atoms. The minimum absolute atomic E-state index is 0.306. The van der Waals surface area contributed by atoms with Crippen LogP contribution in [0.4, 0.5) is 4.79 Å². The number of para-hydroxylation sites is 1. The maximum absolute atomic E-state index is 11.2. The molecular weight excluding hydrogens is 204 g/mol. The molecule has 4 nitrogen and oxygen atoms in total. The molecule has 1 fully saturated rings. The van der Waals surface area contributed by atoms with Crippen LogP contribution < -0.4 is 15.4 Å². The predicted molar refractivity (Wildman–Crippen MR) is 61.5 cm³/mol. The van der Waals surface area contributed by atoms with Crippen molar-refractivity contribution in [3.05, 3.63) is 29.8 Å². The Morgan fingerprint density at radius 2 is 2.31 bits per heavy atom. The lowest BCUT2D eigenvalue weighted by Gasteiger charge is -2.15. The SMILES string of the molecule is CNC(=O)Oc1ccccc1[C@H]1CCCN1. The monoisotopic (exact) mass is 220 g/mol. The second-order valence-corrected chi connectivity index (χ2v) is 3.83. The summed E-state index contributed by atoms with van der Waals surface area (Å²) in [5.41, 5.74) is 1.06. The Morgan fingerprint density at radius 3 is 3.00 bits per heavy atom. The molecule has 0 spiro atoms. The molecular formula is C12H16N2O2. The maximum atomic E-state index is 11.2. The van der Waals surface area contributed by atoms with E-state index >= 15 is 0 Å². The summed E-state index contributed by atoms with van der Waals surface area (Å²) >= 11 is 0. The van der Waals surface area contributed by atoms with Crippen molar-refractivity contribution in [1.82, 2.24) is 10.6 Å². The van der Waals surface area contributed by atoms with Crippen molar-refractivity contribution in [1.29, 1.82) is 0 Å². The van der Waals surface area contributed by atoms with Crippen molar-refractivity contribution >= 4 is 6.09 Å². The average Bonchev–Trinajstić information content (AvgIpc) is 2.83. The van der Waals surface area contributed by atoms with Gasteiger partial charge in [0.25, 0.3) is 0 Å². The van der Waals surface area contributed by atoms with Crippen LogP contribution in [0.15, 0.2) is 24.3 Å². The molecule has 1 saturated heterocycles. The summed E-state index contributed by atoms with van der Waals surface area (Å²) in [5, 5.41) is 5.84. The van der Waals surface area contributed by atoms with Crippen molar-refractivity contribution < 1.29 is 9.53 Å². The molecule has 1 aliphatic rings. The number of benzene rings is 1. The summed E-state index contributed by atoms with van der Waals surface area (Å²) in [6, 6.07) is 7.97. The molecule has 1 aromatic carbocycles. The lowest BCUT2D eigenvalue weighted by molar-refractivity contribution is 0.202. The number of hydrogen-bond donors (Lipinski definition) is 2. The fourth-order valence-electron chi connectivity index (χ4n) is 1.96. The summed E-state index contributed by atoms with van der Waals surface area (Å²) in [7, 11) is 1.55. The number of hydrogen-bond acceptors (Lipinski definition) is 3. The van der Waals surface area contributed by atoms with Crippen molar-refractivity contribution in [3.63, 3.8) is 0 Å². The molecule has 0 bridgehead atoms. The van der Waals surface area contributed by atoms with Gasteiger partial charge >= 0.3 is 6.09 Å². The highest BCUT2D eigenvalue weighted by Gasteiger charge is 2.20. The van der Waals surface area contributed by atoms with Gasteiger partial charge in [0.15, 0.2) is 0 Å². The zero-order valence-corrected chi connectivity index (χ0v) is 9.32. The van der Waals surface area contributed by atoms with Gasteiger partial charge in [-0.15, -0.1) is 0 Å². The van der Waals surface area contributed by atoms with E-state index in [1.54, 1.807) is 7.05 Å². The number of carbonyl (C=O) groups excluding carboxylic acids is 1. The topological polar surface area (TPSA) is 50.4 Å². The standard InChI is InChI=1S/C12H16N2O2/c1-13-12(15)16-11-7-3-2-5-9(11)10-6-4-8-14-10/h2-3,5,7,10,14H,4,6,8H2,1H3,(H,13,15)/t10-/m1/s1. The first kappa shape index (κ1) is 11.0. The van der Waals surface area contributed by atoms with Crippen molar-refractivity contribution in [3.8, 4) is 5.75 Å². The molecule has 0 radical (unpaired) electrons. The Bertz CT molecular complexity index is 373. The number of nitrogens with one attached hydrogen (secondary N) is 2. The Morgan fingerprint density at radius 1 is 1.50 bits per heavy atom. The van der Waals surface area contributed by atoms with Gasteiger partial charge in [-0.25, -0.2) is 4.79 Å². The minimum atomic E-state index is -0.426. The van der Waals surface area contributed by atoms with E-state index in [1.807, 2.05) is 24.3 Å². The molecule has 0 unspecified atom stereocenters. The van der Waals surface area contributed by atoms with Crippen LogP contribution in [0, 0.1) is 0 Å². The average molecular weight is 220 g/mol. The van der Waals surface area contributed by atoms with Gasteiger partial charge in [-0.3, -0.25) is 0 Å². The Hall–Kier alpha value is -1.55. The zero-order valence-electron chi connectivity index (χ0n) is 9.32.